The number of nitrogens with zero attached hydrogens (tertiary/aromatic N) is 2. The van der Waals surface area contributed by atoms with E-state index >= 15 is 0 Å². The van der Waals surface area contributed by atoms with Crippen molar-refractivity contribution in [1.82, 2.24) is 9.97 Å². The number of benzene rings is 1. The van der Waals surface area contributed by atoms with E-state index in [4.69, 9.17) is 16.3 Å². The number of ether oxygens (including phenoxy) is 1. The van der Waals surface area contributed by atoms with Gasteiger partial charge in [0.15, 0.2) is 0 Å². The Hall–Kier alpha value is -1.72. The lowest BCUT2D eigenvalue weighted by atomic mass is 9.91. The summed E-state index contributed by atoms with van der Waals surface area (Å²) in [5.74, 6) is 0.385. The molecule has 0 bridgehead atoms. The highest BCUT2D eigenvalue weighted by molar-refractivity contribution is 6.28. The predicted molar refractivity (Wildman–Crippen MR) is 79.1 cm³/mol. The number of nitrogens with one attached hydrogen (secondary N) is 1. The summed E-state index contributed by atoms with van der Waals surface area (Å²) in [4.78, 5) is 8.60. The zero-order chi connectivity index (χ0) is 14.8. The van der Waals surface area contributed by atoms with Crippen molar-refractivity contribution in [2.24, 2.45) is 0 Å². The summed E-state index contributed by atoms with van der Waals surface area (Å²) >= 11 is 6.03. The molecule has 21 heavy (non-hydrogen) atoms. The average molecular weight is 308 g/mol. The molecule has 0 radical (unpaired) electrons. The maximum absolute atomic E-state index is 13.1. The molecule has 1 aliphatic rings. The summed E-state index contributed by atoms with van der Waals surface area (Å²) in [5, 5.41) is 3.39. The Balaban J connectivity index is 2.06. The first-order valence-electron chi connectivity index (χ1n) is 6.82. The van der Waals surface area contributed by atoms with Crippen molar-refractivity contribution in [2.75, 3.05) is 18.5 Å². The van der Waals surface area contributed by atoms with Gasteiger partial charge in [-0.2, -0.15) is 0 Å². The van der Waals surface area contributed by atoms with Gasteiger partial charge in [0.05, 0.1) is 24.8 Å². The summed E-state index contributed by atoms with van der Waals surface area (Å²) in [6, 6.07) is 6.39. The molecule has 0 fully saturated rings. The normalized spacial score (nSPS) is 17.4. The smallest absolute Gasteiger partial charge is 0.224 e. The predicted octanol–water partition coefficient (Wildman–Crippen LogP) is 3.36. The van der Waals surface area contributed by atoms with Gasteiger partial charge in [-0.25, -0.2) is 14.4 Å². The second-order valence-electron chi connectivity index (χ2n) is 4.85. The van der Waals surface area contributed by atoms with Gasteiger partial charge in [0.1, 0.15) is 11.6 Å². The van der Waals surface area contributed by atoms with Crippen molar-refractivity contribution >= 4 is 17.4 Å². The van der Waals surface area contributed by atoms with Crippen LogP contribution in [0.4, 0.5) is 10.2 Å². The minimum absolute atomic E-state index is 0.0627. The highest BCUT2D eigenvalue weighted by Gasteiger charge is 2.27. The number of aromatic nitrogens is 2. The number of anilines is 1. The molecule has 3 rings (SSSR count). The Kier molecular flexibility index (Phi) is 4.03. The zero-order valence-electron chi connectivity index (χ0n) is 11.6. The fraction of sp³-hybridized carbons (Fsp3) is 0.333. The third kappa shape index (κ3) is 2.84. The van der Waals surface area contributed by atoms with E-state index in [1.165, 1.54) is 12.1 Å². The van der Waals surface area contributed by atoms with Gasteiger partial charge in [-0.15, -0.1) is 0 Å². The van der Waals surface area contributed by atoms with Crippen molar-refractivity contribution in [1.29, 1.82) is 0 Å². The molecule has 1 unspecified atom stereocenters. The van der Waals surface area contributed by atoms with E-state index in [0.717, 1.165) is 23.4 Å². The first kappa shape index (κ1) is 14.2. The van der Waals surface area contributed by atoms with E-state index in [9.17, 15) is 4.39 Å². The van der Waals surface area contributed by atoms with Crippen LogP contribution < -0.4 is 5.32 Å². The summed E-state index contributed by atoms with van der Waals surface area (Å²) in [7, 11) is 0. The van der Waals surface area contributed by atoms with Gasteiger partial charge < -0.3 is 10.1 Å². The second kappa shape index (κ2) is 5.95. The van der Waals surface area contributed by atoms with Crippen molar-refractivity contribution < 1.29 is 9.13 Å². The number of hydrogen-bond acceptors (Lipinski definition) is 4. The third-order valence-corrected chi connectivity index (χ3v) is 3.66. The molecule has 0 saturated heterocycles. The lowest BCUT2D eigenvalue weighted by Gasteiger charge is -2.26. The molecule has 0 amide bonds. The number of fused-ring (bicyclic) bond motifs is 1. The van der Waals surface area contributed by atoms with Crippen LogP contribution in [-0.4, -0.2) is 23.1 Å². The number of hydrogen-bond donors (Lipinski definition) is 1. The topological polar surface area (TPSA) is 47.0 Å². The Bertz CT molecular complexity index is 648. The van der Waals surface area contributed by atoms with Gasteiger partial charge in [0.2, 0.25) is 5.28 Å². The highest BCUT2D eigenvalue weighted by Crippen LogP contribution is 2.34. The number of halogens is 2. The van der Waals surface area contributed by atoms with Crippen LogP contribution in [0.15, 0.2) is 24.3 Å². The second-order valence-corrected chi connectivity index (χ2v) is 5.19. The van der Waals surface area contributed by atoms with E-state index in [0.29, 0.717) is 19.0 Å². The Morgan fingerprint density at radius 2 is 2.10 bits per heavy atom. The van der Waals surface area contributed by atoms with Crippen LogP contribution in [0.25, 0.3) is 0 Å². The van der Waals surface area contributed by atoms with E-state index in [-0.39, 0.29) is 17.0 Å². The summed E-state index contributed by atoms with van der Waals surface area (Å²) in [6.07, 6.45) is 0. The molecule has 0 spiro atoms. The van der Waals surface area contributed by atoms with Crippen LogP contribution in [0.2, 0.25) is 5.28 Å². The van der Waals surface area contributed by atoms with Gasteiger partial charge in [-0.3, -0.25) is 0 Å². The van der Waals surface area contributed by atoms with Crippen molar-refractivity contribution in [3.8, 4) is 0 Å². The molecule has 0 saturated carbocycles. The van der Waals surface area contributed by atoms with Gasteiger partial charge in [-0.05, 0) is 36.2 Å². The van der Waals surface area contributed by atoms with E-state index in [1.54, 1.807) is 12.1 Å². The van der Waals surface area contributed by atoms with E-state index in [1.807, 2.05) is 6.92 Å². The van der Waals surface area contributed by atoms with Crippen molar-refractivity contribution in [3.63, 3.8) is 0 Å². The molecule has 1 aromatic carbocycles. The molecule has 2 heterocycles. The summed E-state index contributed by atoms with van der Waals surface area (Å²) < 4.78 is 18.8. The highest BCUT2D eigenvalue weighted by atomic mass is 35.5. The first-order valence-corrected chi connectivity index (χ1v) is 7.20. The minimum Gasteiger partial charge on any atom is -0.376 e. The van der Waals surface area contributed by atoms with E-state index in [2.05, 4.69) is 15.3 Å². The monoisotopic (exact) mass is 307 g/mol. The van der Waals surface area contributed by atoms with Crippen LogP contribution in [0, 0.1) is 5.82 Å². The van der Waals surface area contributed by atoms with Crippen LogP contribution in [0.5, 0.6) is 0 Å². The molecule has 110 valence electrons. The van der Waals surface area contributed by atoms with Gasteiger partial charge in [0, 0.05) is 12.1 Å². The Labute approximate surface area is 127 Å². The molecule has 0 aliphatic carbocycles. The minimum atomic E-state index is -0.259. The SMILES string of the molecule is CCNc1nc(Cl)nc2c1COCC2c1ccc(F)cc1. The fourth-order valence-corrected chi connectivity index (χ4v) is 2.70. The van der Waals surface area contributed by atoms with Crippen LogP contribution >= 0.6 is 11.6 Å². The zero-order valence-corrected chi connectivity index (χ0v) is 12.3. The number of rotatable bonds is 3. The van der Waals surface area contributed by atoms with Gasteiger partial charge >= 0.3 is 0 Å². The molecule has 1 aromatic heterocycles. The lowest BCUT2D eigenvalue weighted by molar-refractivity contribution is 0.0978. The van der Waals surface area contributed by atoms with Gasteiger partial charge in [0.25, 0.3) is 0 Å². The molecular formula is C15H15ClFN3O. The lowest BCUT2D eigenvalue weighted by Crippen LogP contribution is -2.22. The fourth-order valence-electron chi connectivity index (χ4n) is 2.52. The summed E-state index contributed by atoms with van der Waals surface area (Å²) in [5.41, 5.74) is 2.72. The maximum Gasteiger partial charge on any atom is 0.224 e. The van der Waals surface area contributed by atoms with Crippen LogP contribution in [-0.2, 0) is 11.3 Å². The van der Waals surface area contributed by atoms with Crippen LogP contribution in [0.3, 0.4) is 0 Å². The Morgan fingerprint density at radius 1 is 1.33 bits per heavy atom. The third-order valence-electron chi connectivity index (χ3n) is 3.49. The van der Waals surface area contributed by atoms with Crippen molar-refractivity contribution in [2.45, 2.75) is 19.4 Å². The molecule has 6 heteroatoms. The molecule has 1 aliphatic heterocycles. The molecular weight excluding hydrogens is 293 g/mol. The molecule has 2 aromatic rings. The Morgan fingerprint density at radius 3 is 2.81 bits per heavy atom. The van der Waals surface area contributed by atoms with Gasteiger partial charge in [-0.1, -0.05) is 12.1 Å². The van der Waals surface area contributed by atoms with Crippen molar-refractivity contribution in [3.05, 3.63) is 52.2 Å². The molecule has 1 N–H and O–H groups in total. The van der Waals surface area contributed by atoms with Crippen LogP contribution in [0.1, 0.15) is 29.7 Å². The largest absolute Gasteiger partial charge is 0.376 e. The summed E-state index contributed by atoms with van der Waals surface area (Å²) in [6.45, 7) is 3.68. The van der Waals surface area contributed by atoms with E-state index < -0.39 is 0 Å². The quantitative estimate of drug-likeness (QED) is 0.883. The molecule has 4 nitrogen and oxygen atoms in total. The standard InChI is InChI=1S/C15H15ClFN3O/c1-2-18-14-12-8-21-7-11(13(12)19-15(16)20-14)9-3-5-10(17)6-4-9/h3-6,11H,2,7-8H2,1H3,(H,18,19,20). The molecule has 1 atom stereocenters. The average Bonchev–Trinajstić information content (AvgIpc) is 2.48. The maximum atomic E-state index is 13.1. The first-order chi connectivity index (χ1) is 10.2.